The van der Waals surface area contributed by atoms with E-state index in [1.54, 1.807) is 7.11 Å². The van der Waals surface area contributed by atoms with Crippen LogP contribution in [0.25, 0.3) is 0 Å². The monoisotopic (exact) mass is 257 g/mol. The van der Waals surface area contributed by atoms with Crippen LogP contribution >= 0.6 is 0 Å². The molecule has 0 radical (unpaired) electrons. The SMILES string of the molecule is COc1cc(Nc2ccc(N(C)C)cc2)ccc1N. The van der Waals surface area contributed by atoms with E-state index >= 15 is 0 Å². The second-order valence-electron chi connectivity index (χ2n) is 4.52. The van der Waals surface area contributed by atoms with Crippen LogP contribution in [0, 0.1) is 0 Å². The van der Waals surface area contributed by atoms with E-state index in [2.05, 4.69) is 22.3 Å². The Morgan fingerprint density at radius 2 is 1.63 bits per heavy atom. The summed E-state index contributed by atoms with van der Waals surface area (Å²) in [4.78, 5) is 2.07. The van der Waals surface area contributed by atoms with Gasteiger partial charge >= 0.3 is 0 Å². The number of hydrogen-bond acceptors (Lipinski definition) is 4. The summed E-state index contributed by atoms with van der Waals surface area (Å²) in [6.07, 6.45) is 0. The van der Waals surface area contributed by atoms with Crippen molar-refractivity contribution in [3.63, 3.8) is 0 Å². The van der Waals surface area contributed by atoms with Crippen LogP contribution in [0.1, 0.15) is 0 Å². The summed E-state index contributed by atoms with van der Waals surface area (Å²) in [5.74, 6) is 0.676. The molecule has 0 atom stereocenters. The van der Waals surface area contributed by atoms with Crippen molar-refractivity contribution in [2.45, 2.75) is 0 Å². The van der Waals surface area contributed by atoms with Crippen molar-refractivity contribution < 1.29 is 4.74 Å². The number of nitrogen functional groups attached to an aromatic ring is 1. The van der Waals surface area contributed by atoms with E-state index in [1.807, 2.05) is 44.4 Å². The van der Waals surface area contributed by atoms with Crippen molar-refractivity contribution in [1.29, 1.82) is 0 Å². The molecule has 3 N–H and O–H groups in total. The lowest BCUT2D eigenvalue weighted by Gasteiger charge is -2.14. The average Bonchev–Trinajstić information content (AvgIpc) is 2.41. The summed E-state index contributed by atoms with van der Waals surface area (Å²) in [6.45, 7) is 0. The number of nitrogens with two attached hydrogens (primary N) is 1. The number of benzene rings is 2. The van der Waals surface area contributed by atoms with Gasteiger partial charge in [-0.15, -0.1) is 0 Å². The molecule has 0 fully saturated rings. The Kier molecular flexibility index (Phi) is 3.80. The first kappa shape index (κ1) is 13.1. The van der Waals surface area contributed by atoms with Gasteiger partial charge in [0.15, 0.2) is 0 Å². The standard InChI is InChI=1S/C15H19N3O/c1-18(2)13-7-4-11(5-8-13)17-12-6-9-14(16)15(10-12)19-3/h4-10,17H,16H2,1-3H3. The second-order valence-corrected chi connectivity index (χ2v) is 4.52. The van der Waals surface area contributed by atoms with Crippen molar-refractivity contribution in [2.75, 3.05) is 37.2 Å². The average molecular weight is 257 g/mol. The van der Waals surface area contributed by atoms with E-state index in [1.165, 1.54) is 5.69 Å². The zero-order valence-corrected chi connectivity index (χ0v) is 11.5. The fourth-order valence-electron chi connectivity index (χ4n) is 1.80. The van der Waals surface area contributed by atoms with Crippen LogP contribution in [0.4, 0.5) is 22.7 Å². The molecule has 0 bridgehead atoms. The van der Waals surface area contributed by atoms with Gasteiger partial charge in [-0.3, -0.25) is 0 Å². The number of anilines is 4. The van der Waals surface area contributed by atoms with E-state index < -0.39 is 0 Å². The molecule has 0 heterocycles. The molecular weight excluding hydrogens is 238 g/mol. The van der Waals surface area contributed by atoms with Crippen molar-refractivity contribution >= 4 is 22.7 Å². The molecule has 2 rings (SSSR count). The first-order valence-corrected chi connectivity index (χ1v) is 6.08. The Hall–Kier alpha value is -2.36. The van der Waals surface area contributed by atoms with Crippen LogP contribution in [0.3, 0.4) is 0 Å². The highest BCUT2D eigenvalue weighted by molar-refractivity contribution is 5.67. The molecule has 100 valence electrons. The third-order valence-corrected chi connectivity index (χ3v) is 2.91. The van der Waals surface area contributed by atoms with Crippen molar-refractivity contribution in [1.82, 2.24) is 0 Å². The molecule has 0 spiro atoms. The Bertz CT molecular complexity index is 550. The molecule has 0 saturated heterocycles. The van der Waals surface area contributed by atoms with E-state index in [0.29, 0.717) is 11.4 Å². The Labute approximate surface area is 113 Å². The van der Waals surface area contributed by atoms with E-state index in [0.717, 1.165) is 11.4 Å². The number of hydrogen-bond donors (Lipinski definition) is 2. The van der Waals surface area contributed by atoms with Gasteiger partial charge in [-0.25, -0.2) is 0 Å². The largest absolute Gasteiger partial charge is 0.495 e. The van der Waals surface area contributed by atoms with Crippen molar-refractivity contribution in [3.05, 3.63) is 42.5 Å². The molecule has 0 amide bonds. The normalized spacial score (nSPS) is 10.1. The highest BCUT2D eigenvalue weighted by Gasteiger charge is 2.02. The van der Waals surface area contributed by atoms with Crippen molar-refractivity contribution in [3.8, 4) is 5.75 Å². The fraction of sp³-hybridized carbons (Fsp3) is 0.200. The summed E-state index contributed by atoms with van der Waals surface area (Å²) in [6, 6.07) is 13.9. The topological polar surface area (TPSA) is 50.5 Å². The minimum Gasteiger partial charge on any atom is -0.495 e. The first-order chi connectivity index (χ1) is 9.10. The van der Waals surface area contributed by atoms with Crippen LogP contribution in [-0.4, -0.2) is 21.2 Å². The number of rotatable bonds is 4. The number of methoxy groups -OCH3 is 1. The molecule has 4 heteroatoms. The summed E-state index contributed by atoms with van der Waals surface area (Å²) in [5.41, 5.74) is 9.56. The summed E-state index contributed by atoms with van der Waals surface area (Å²) < 4.78 is 5.20. The predicted octanol–water partition coefficient (Wildman–Crippen LogP) is 3.09. The van der Waals surface area contributed by atoms with Crippen LogP contribution < -0.4 is 20.7 Å². The highest BCUT2D eigenvalue weighted by Crippen LogP contribution is 2.27. The second kappa shape index (κ2) is 5.52. The fourth-order valence-corrected chi connectivity index (χ4v) is 1.80. The summed E-state index contributed by atoms with van der Waals surface area (Å²) >= 11 is 0. The van der Waals surface area contributed by atoms with Gasteiger partial charge in [0.05, 0.1) is 12.8 Å². The Morgan fingerprint density at radius 1 is 1.00 bits per heavy atom. The van der Waals surface area contributed by atoms with Gasteiger partial charge in [0.2, 0.25) is 0 Å². The lowest BCUT2D eigenvalue weighted by atomic mass is 10.2. The van der Waals surface area contributed by atoms with E-state index in [-0.39, 0.29) is 0 Å². The van der Waals surface area contributed by atoms with Gasteiger partial charge in [0, 0.05) is 37.2 Å². The van der Waals surface area contributed by atoms with Crippen molar-refractivity contribution in [2.24, 2.45) is 0 Å². The highest BCUT2D eigenvalue weighted by atomic mass is 16.5. The van der Waals surface area contributed by atoms with Crippen LogP contribution in [0.5, 0.6) is 5.75 Å². The van der Waals surface area contributed by atoms with Gasteiger partial charge < -0.3 is 20.7 Å². The summed E-state index contributed by atoms with van der Waals surface area (Å²) in [5, 5.41) is 3.32. The molecule has 0 aliphatic heterocycles. The molecule has 2 aromatic carbocycles. The lowest BCUT2D eigenvalue weighted by Crippen LogP contribution is -2.08. The number of nitrogens with zero attached hydrogens (tertiary/aromatic N) is 1. The van der Waals surface area contributed by atoms with E-state index in [4.69, 9.17) is 10.5 Å². The zero-order valence-electron chi connectivity index (χ0n) is 11.5. The maximum absolute atomic E-state index is 5.79. The zero-order chi connectivity index (χ0) is 13.8. The molecule has 4 nitrogen and oxygen atoms in total. The van der Waals surface area contributed by atoms with Crippen LogP contribution in [0.2, 0.25) is 0 Å². The molecule has 0 aliphatic rings. The van der Waals surface area contributed by atoms with Gasteiger partial charge in [0.1, 0.15) is 5.75 Å². The third-order valence-electron chi connectivity index (χ3n) is 2.91. The summed E-state index contributed by atoms with van der Waals surface area (Å²) in [7, 11) is 5.65. The van der Waals surface area contributed by atoms with E-state index in [9.17, 15) is 0 Å². The van der Waals surface area contributed by atoms with Gasteiger partial charge in [-0.1, -0.05) is 0 Å². The van der Waals surface area contributed by atoms with Crippen LogP contribution in [0.15, 0.2) is 42.5 Å². The number of nitrogens with one attached hydrogen (secondary N) is 1. The lowest BCUT2D eigenvalue weighted by molar-refractivity contribution is 0.417. The molecule has 19 heavy (non-hydrogen) atoms. The predicted molar refractivity (Wildman–Crippen MR) is 81.5 cm³/mol. The number of ether oxygens (including phenoxy) is 1. The first-order valence-electron chi connectivity index (χ1n) is 6.08. The molecule has 0 unspecified atom stereocenters. The minimum absolute atomic E-state index is 0.635. The van der Waals surface area contributed by atoms with Gasteiger partial charge in [0.25, 0.3) is 0 Å². The Balaban J connectivity index is 2.16. The third kappa shape index (κ3) is 3.10. The molecule has 0 aromatic heterocycles. The smallest absolute Gasteiger partial charge is 0.143 e. The maximum Gasteiger partial charge on any atom is 0.143 e. The molecular formula is C15H19N3O. The quantitative estimate of drug-likeness (QED) is 0.826. The maximum atomic E-state index is 5.79. The Morgan fingerprint density at radius 3 is 2.21 bits per heavy atom. The minimum atomic E-state index is 0.635. The molecule has 2 aromatic rings. The molecule has 0 aliphatic carbocycles. The molecule has 0 saturated carbocycles. The van der Waals surface area contributed by atoms with Crippen LogP contribution in [-0.2, 0) is 0 Å². The van der Waals surface area contributed by atoms with Gasteiger partial charge in [-0.05, 0) is 36.4 Å². The van der Waals surface area contributed by atoms with Gasteiger partial charge in [-0.2, -0.15) is 0 Å².